The van der Waals surface area contributed by atoms with E-state index in [1.807, 2.05) is 66.4 Å². The van der Waals surface area contributed by atoms with Crippen LogP contribution in [-0.4, -0.2) is 51.2 Å². The summed E-state index contributed by atoms with van der Waals surface area (Å²) in [6.07, 6.45) is 1.62. The molecule has 4 aromatic rings. The highest BCUT2D eigenvalue weighted by Crippen LogP contribution is 2.36. The Balaban J connectivity index is 1.46. The van der Waals surface area contributed by atoms with E-state index in [2.05, 4.69) is 31.0 Å². The van der Waals surface area contributed by atoms with Gasteiger partial charge in [-0.15, -0.1) is 0 Å². The van der Waals surface area contributed by atoms with Gasteiger partial charge in [0.2, 0.25) is 5.91 Å². The zero-order valence-electron chi connectivity index (χ0n) is 25.5. The molecule has 0 radical (unpaired) electrons. The van der Waals surface area contributed by atoms with E-state index in [1.54, 1.807) is 16.8 Å². The van der Waals surface area contributed by atoms with Crippen LogP contribution in [0, 0.1) is 6.92 Å². The lowest BCUT2D eigenvalue weighted by atomic mass is 9.94. The SMILES string of the molecule is CC(=O)Nc1ccc(N2CCC(N(C(=O)c3nn(-c4ccc(Cl)cc4Cl)c(-c4ccc(Cl)cc4)c3C)C(C)(C)C)CC2)cc1. The fourth-order valence-corrected chi connectivity index (χ4v) is 6.56. The maximum absolute atomic E-state index is 14.5. The molecule has 0 unspecified atom stereocenters. The van der Waals surface area contributed by atoms with E-state index in [4.69, 9.17) is 39.9 Å². The Morgan fingerprint density at radius 3 is 2.09 bits per heavy atom. The van der Waals surface area contributed by atoms with Gasteiger partial charge in [0, 0.05) is 64.1 Å². The minimum absolute atomic E-state index is 0.0278. The molecule has 0 spiro atoms. The van der Waals surface area contributed by atoms with Crippen LogP contribution < -0.4 is 10.2 Å². The van der Waals surface area contributed by atoms with Crippen molar-refractivity contribution in [1.29, 1.82) is 0 Å². The van der Waals surface area contributed by atoms with Crippen molar-refractivity contribution >= 4 is 58.0 Å². The molecule has 1 fully saturated rings. The fraction of sp³-hybridized carbons (Fsp3) is 0.324. The molecule has 2 amide bonds. The van der Waals surface area contributed by atoms with Gasteiger partial charge < -0.3 is 15.1 Å². The first-order valence-corrected chi connectivity index (χ1v) is 15.7. The van der Waals surface area contributed by atoms with Gasteiger partial charge in [0.05, 0.1) is 16.4 Å². The first-order valence-electron chi connectivity index (χ1n) is 14.6. The standard InChI is InChI=1S/C34H36Cl3N5O2/c1-21-31(39-42(30-15-10-25(36)20-29(30)37)32(21)23-6-8-24(35)9-7-23)33(44)41(34(3,4)5)28-16-18-40(19-17-28)27-13-11-26(12-14-27)38-22(2)43/h6-15,20,28H,16-19H2,1-5H3,(H,38,43). The van der Waals surface area contributed by atoms with Crippen LogP contribution in [-0.2, 0) is 4.79 Å². The van der Waals surface area contributed by atoms with Crippen molar-refractivity contribution in [3.05, 3.63) is 93.1 Å². The van der Waals surface area contributed by atoms with Gasteiger partial charge in [0.15, 0.2) is 5.69 Å². The number of nitrogens with zero attached hydrogens (tertiary/aromatic N) is 4. The molecule has 1 aliphatic rings. The van der Waals surface area contributed by atoms with E-state index in [-0.39, 0.29) is 17.9 Å². The molecule has 1 saturated heterocycles. The molecule has 1 N–H and O–H groups in total. The number of rotatable bonds is 6. The molecule has 2 heterocycles. The Hall–Kier alpha value is -3.52. The molecule has 0 bridgehead atoms. The molecular formula is C34H36Cl3N5O2. The van der Waals surface area contributed by atoms with E-state index in [1.165, 1.54) is 6.92 Å². The molecule has 0 atom stereocenters. The highest BCUT2D eigenvalue weighted by atomic mass is 35.5. The first kappa shape index (κ1) is 31.9. The molecule has 10 heteroatoms. The topological polar surface area (TPSA) is 70.5 Å². The number of amides is 2. The lowest BCUT2D eigenvalue weighted by molar-refractivity contribution is -0.114. The van der Waals surface area contributed by atoms with Crippen molar-refractivity contribution in [1.82, 2.24) is 14.7 Å². The maximum atomic E-state index is 14.5. The largest absolute Gasteiger partial charge is 0.371 e. The van der Waals surface area contributed by atoms with E-state index in [0.29, 0.717) is 26.4 Å². The third-order valence-electron chi connectivity index (χ3n) is 7.90. The smallest absolute Gasteiger partial charge is 0.275 e. The minimum atomic E-state index is -0.446. The molecule has 3 aromatic carbocycles. The van der Waals surface area contributed by atoms with Crippen molar-refractivity contribution < 1.29 is 9.59 Å². The Morgan fingerprint density at radius 1 is 0.909 bits per heavy atom. The summed E-state index contributed by atoms with van der Waals surface area (Å²) < 4.78 is 1.73. The second kappa shape index (κ2) is 12.8. The zero-order valence-corrected chi connectivity index (χ0v) is 27.8. The van der Waals surface area contributed by atoms with Crippen molar-refractivity contribution in [2.24, 2.45) is 0 Å². The number of aromatic nitrogens is 2. The quantitative estimate of drug-likeness (QED) is 0.226. The molecule has 230 valence electrons. The highest BCUT2D eigenvalue weighted by Gasteiger charge is 2.38. The first-order chi connectivity index (χ1) is 20.8. The number of carbonyl (C=O) groups is 2. The maximum Gasteiger partial charge on any atom is 0.275 e. The molecular weight excluding hydrogens is 617 g/mol. The van der Waals surface area contributed by atoms with Gasteiger partial charge in [0.1, 0.15) is 0 Å². The number of piperidine rings is 1. The van der Waals surface area contributed by atoms with Crippen LogP contribution in [0.15, 0.2) is 66.7 Å². The van der Waals surface area contributed by atoms with Crippen molar-refractivity contribution in [3.63, 3.8) is 0 Å². The summed E-state index contributed by atoms with van der Waals surface area (Å²) in [6.45, 7) is 11.2. The third-order valence-corrected chi connectivity index (χ3v) is 8.69. The van der Waals surface area contributed by atoms with E-state index < -0.39 is 5.54 Å². The normalized spacial score (nSPS) is 14.0. The zero-order chi connectivity index (χ0) is 31.8. The van der Waals surface area contributed by atoms with Crippen LogP contribution in [0.2, 0.25) is 15.1 Å². The third kappa shape index (κ3) is 6.75. The Labute approximate surface area is 273 Å². The lowest BCUT2D eigenvalue weighted by Crippen LogP contribution is -2.55. The Morgan fingerprint density at radius 2 is 1.52 bits per heavy atom. The molecule has 0 saturated carbocycles. The molecule has 44 heavy (non-hydrogen) atoms. The summed E-state index contributed by atoms with van der Waals surface area (Å²) in [7, 11) is 0. The Kier molecular flexibility index (Phi) is 9.30. The van der Waals surface area contributed by atoms with Crippen LogP contribution in [0.1, 0.15) is 56.6 Å². The minimum Gasteiger partial charge on any atom is -0.371 e. The number of halogens is 3. The lowest BCUT2D eigenvalue weighted by Gasteiger charge is -2.45. The summed E-state index contributed by atoms with van der Waals surface area (Å²) in [4.78, 5) is 30.2. The number of benzene rings is 3. The van der Waals surface area contributed by atoms with E-state index in [0.717, 1.165) is 54.1 Å². The van der Waals surface area contributed by atoms with Gasteiger partial charge in [-0.2, -0.15) is 5.10 Å². The summed E-state index contributed by atoms with van der Waals surface area (Å²) in [6, 6.07) is 20.6. The van der Waals surface area contributed by atoms with Crippen molar-refractivity contribution in [3.8, 4) is 16.9 Å². The molecule has 1 aromatic heterocycles. The molecule has 7 nitrogen and oxygen atoms in total. The van der Waals surface area contributed by atoms with Crippen LogP contribution in [0.3, 0.4) is 0 Å². The number of nitrogens with one attached hydrogen (secondary N) is 1. The number of hydrogen-bond donors (Lipinski definition) is 1. The number of carbonyl (C=O) groups excluding carboxylic acids is 2. The second-order valence-electron chi connectivity index (χ2n) is 12.1. The fourth-order valence-electron chi connectivity index (χ4n) is 5.95. The molecule has 1 aliphatic heterocycles. The van der Waals surface area contributed by atoms with Gasteiger partial charge >= 0.3 is 0 Å². The predicted octanol–water partition coefficient (Wildman–Crippen LogP) is 8.68. The number of anilines is 2. The second-order valence-corrected chi connectivity index (χ2v) is 13.4. The molecule has 5 rings (SSSR count). The Bertz CT molecular complexity index is 1670. The van der Waals surface area contributed by atoms with Crippen LogP contribution in [0.5, 0.6) is 0 Å². The van der Waals surface area contributed by atoms with Gasteiger partial charge in [-0.05, 0) is 95.1 Å². The van der Waals surface area contributed by atoms with Crippen molar-refractivity contribution in [2.75, 3.05) is 23.3 Å². The average Bonchev–Trinajstić information content (AvgIpc) is 3.30. The summed E-state index contributed by atoms with van der Waals surface area (Å²) in [5.74, 6) is -0.214. The van der Waals surface area contributed by atoms with E-state index >= 15 is 0 Å². The summed E-state index contributed by atoms with van der Waals surface area (Å²) in [5.41, 5.74) is 4.81. The molecule has 0 aliphatic carbocycles. The van der Waals surface area contributed by atoms with Crippen LogP contribution >= 0.6 is 34.8 Å². The number of hydrogen-bond acceptors (Lipinski definition) is 4. The summed E-state index contributed by atoms with van der Waals surface area (Å²) in [5, 5.41) is 9.29. The van der Waals surface area contributed by atoms with Gasteiger partial charge in [-0.25, -0.2) is 4.68 Å². The monoisotopic (exact) mass is 651 g/mol. The van der Waals surface area contributed by atoms with Crippen molar-refractivity contribution in [2.45, 2.75) is 59.0 Å². The highest BCUT2D eigenvalue weighted by molar-refractivity contribution is 6.35. The van der Waals surface area contributed by atoms with E-state index in [9.17, 15) is 9.59 Å². The van der Waals surface area contributed by atoms with Crippen LogP contribution in [0.4, 0.5) is 11.4 Å². The van der Waals surface area contributed by atoms with Gasteiger partial charge in [-0.1, -0.05) is 46.9 Å². The predicted molar refractivity (Wildman–Crippen MR) is 181 cm³/mol. The van der Waals surface area contributed by atoms with Gasteiger partial charge in [0.25, 0.3) is 5.91 Å². The van der Waals surface area contributed by atoms with Gasteiger partial charge in [-0.3, -0.25) is 9.59 Å². The van der Waals surface area contributed by atoms with Crippen LogP contribution in [0.25, 0.3) is 16.9 Å². The summed E-state index contributed by atoms with van der Waals surface area (Å²) >= 11 is 19.1. The average molecular weight is 653 g/mol.